The fraction of sp³-hybridized carbons (Fsp3) is 0. The van der Waals surface area contributed by atoms with Gasteiger partial charge in [0.2, 0.25) is 0 Å². The van der Waals surface area contributed by atoms with Gasteiger partial charge in [-0.25, -0.2) is 9.97 Å². The Balaban J connectivity index is 1.50. The third-order valence-electron chi connectivity index (χ3n) is 7.55. The van der Waals surface area contributed by atoms with E-state index in [0.29, 0.717) is 0 Å². The lowest BCUT2D eigenvalue weighted by molar-refractivity contribution is 1.41. The summed E-state index contributed by atoms with van der Waals surface area (Å²) in [5.41, 5.74) is 7.21. The van der Waals surface area contributed by atoms with Crippen molar-refractivity contribution in [1.29, 1.82) is 0 Å². The van der Waals surface area contributed by atoms with Gasteiger partial charge in [-0.15, -0.1) is 22.7 Å². The highest BCUT2D eigenvalue weighted by Crippen LogP contribution is 2.46. The van der Waals surface area contributed by atoms with E-state index in [4.69, 9.17) is 0 Å². The first-order chi connectivity index (χ1) is 19.8. The second kappa shape index (κ2) is 9.53. The summed E-state index contributed by atoms with van der Waals surface area (Å²) in [6.07, 6.45) is 3.75. The average molecular weight is 547 g/mol. The Kier molecular flexibility index (Phi) is 5.54. The molecule has 188 valence electrons. The van der Waals surface area contributed by atoms with Gasteiger partial charge in [0.05, 0.1) is 0 Å². The smallest absolute Gasteiger partial charge is 0.123 e. The molecule has 0 atom stereocenters. The van der Waals surface area contributed by atoms with Crippen molar-refractivity contribution in [3.8, 4) is 43.4 Å². The van der Waals surface area contributed by atoms with Gasteiger partial charge in [0.15, 0.2) is 0 Å². The SMILES string of the molecule is c1cc(-c2nccs2)cc(-c2c3ccccc3c(-c3cccc(-c4nccs4)c3)c3cc4ccccc4cc23)c1. The van der Waals surface area contributed by atoms with Crippen LogP contribution in [0.1, 0.15) is 0 Å². The minimum atomic E-state index is 1.04. The molecule has 2 heterocycles. The van der Waals surface area contributed by atoms with Crippen molar-refractivity contribution in [3.05, 3.63) is 132 Å². The van der Waals surface area contributed by atoms with E-state index < -0.39 is 0 Å². The molecule has 2 aromatic heterocycles. The molecule has 2 nitrogen and oxygen atoms in total. The second-order valence-electron chi connectivity index (χ2n) is 9.88. The Morgan fingerprint density at radius 1 is 0.400 bits per heavy atom. The molecule has 4 heteroatoms. The van der Waals surface area contributed by atoms with Crippen LogP contribution in [0.15, 0.2) is 132 Å². The first kappa shape index (κ1) is 23.3. The summed E-state index contributed by atoms with van der Waals surface area (Å²) in [7, 11) is 0. The maximum absolute atomic E-state index is 4.58. The lowest BCUT2D eigenvalue weighted by Crippen LogP contribution is -1.92. The largest absolute Gasteiger partial charge is 0.245 e. The molecule has 40 heavy (non-hydrogen) atoms. The number of aromatic nitrogens is 2. The van der Waals surface area contributed by atoms with Crippen molar-refractivity contribution < 1.29 is 0 Å². The monoisotopic (exact) mass is 546 g/mol. The van der Waals surface area contributed by atoms with Gasteiger partial charge in [0.1, 0.15) is 10.0 Å². The van der Waals surface area contributed by atoms with Gasteiger partial charge in [0, 0.05) is 34.3 Å². The van der Waals surface area contributed by atoms with Gasteiger partial charge in [-0.3, -0.25) is 0 Å². The van der Waals surface area contributed by atoms with Crippen molar-refractivity contribution >= 4 is 55.0 Å². The Hall–Kier alpha value is -4.64. The van der Waals surface area contributed by atoms with Gasteiger partial charge in [0.25, 0.3) is 0 Å². The van der Waals surface area contributed by atoms with Crippen LogP contribution in [0, 0.1) is 0 Å². The molecule has 0 aliphatic heterocycles. The van der Waals surface area contributed by atoms with E-state index in [1.54, 1.807) is 22.7 Å². The maximum Gasteiger partial charge on any atom is 0.123 e. The molecule has 0 amide bonds. The number of nitrogens with zero attached hydrogens (tertiary/aromatic N) is 2. The van der Waals surface area contributed by atoms with E-state index in [-0.39, 0.29) is 0 Å². The Bertz CT molecular complexity index is 2010. The number of fused-ring (bicyclic) bond motifs is 3. The Morgan fingerprint density at radius 2 is 0.850 bits per heavy atom. The molecule has 0 saturated heterocycles. The molecule has 8 rings (SSSR count). The Morgan fingerprint density at radius 3 is 1.30 bits per heavy atom. The second-order valence-corrected chi connectivity index (χ2v) is 11.7. The number of hydrogen-bond donors (Lipinski definition) is 0. The van der Waals surface area contributed by atoms with E-state index in [1.165, 1.54) is 54.6 Å². The van der Waals surface area contributed by atoms with E-state index in [0.717, 1.165) is 21.1 Å². The van der Waals surface area contributed by atoms with Crippen molar-refractivity contribution in [3.63, 3.8) is 0 Å². The van der Waals surface area contributed by atoms with Crippen molar-refractivity contribution in [1.82, 2.24) is 9.97 Å². The fourth-order valence-electron chi connectivity index (χ4n) is 5.83. The van der Waals surface area contributed by atoms with E-state index in [2.05, 4.69) is 119 Å². The number of rotatable bonds is 4. The standard InChI is InChI=1S/C36H22N2S2/c1-2-8-24-22-32-31(21-23(24)7-1)33(25-9-5-11-27(19-25)35-37-15-17-39-35)29-13-3-4-14-30(29)34(32)26-10-6-12-28(20-26)36-38-16-18-40-36/h1-22H. The summed E-state index contributed by atoms with van der Waals surface area (Å²) < 4.78 is 0. The minimum absolute atomic E-state index is 1.04. The first-order valence-electron chi connectivity index (χ1n) is 13.2. The third kappa shape index (κ3) is 3.84. The van der Waals surface area contributed by atoms with Crippen molar-refractivity contribution in [2.75, 3.05) is 0 Å². The zero-order valence-electron chi connectivity index (χ0n) is 21.4. The van der Waals surface area contributed by atoms with Crippen LogP contribution in [-0.2, 0) is 0 Å². The molecule has 6 aromatic carbocycles. The topological polar surface area (TPSA) is 25.8 Å². The maximum atomic E-state index is 4.58. The molecule has 8 aromatic rings. The van der Waals surface area contributed by atoms with Gasteiger partial charge in [-0.1, -0.05) is 84.9 Å². The van der Waals surface area contributed by atoms with Crippen LogP contribution in [0.4, 0.5) is 0 Å². The summed E-state index contributed by atoms with van der Waals surface area (Å²) >= 11 is 3.35. The van der Waals surface area contributed by atoms with E-state index in [9.17, 15) is 0 Å². The van der Waals surface area contributed by atoms with Gasteiger partial charge in [-0.05, 0) is 78.8 Å². The summed E-state index contributed by atoms with van der Waals surface area (Å²) in [6, 6.07) is 39.9. The highest BCUT2D eigenvalue weighted by atomic mass is 32.1. The van der Waals surface area contributed by atoms with E-state index >= 15 is 0 Å². The summed E-state index contributed by atoms with van der Waals surface area (Å²) in [5, 5.41) is 13.6. The molecular formula is C36H22N2S2. The van der Waals surface area contributed by atoms with Crippen molar-refractivity contribution in [2.24, 2.45) is 0 Å². The zero-order valence-corrected chi connectivity index (χ0v) is 23.0. The average Bonchev–Trinajstić information content (AvgIpc) is 3.75. The predicted octanol–water partition coefficient (Wildman–Crippen LogP) is 10.7. The third-order valence-corrected chi connectivity index (χ3v) is 9.20. The molecule has 0 unspecified atom stereocenters. The summed E-state index contributed by atoms with van der Waals surface area (Å²) in [5.74, 6) is 0. The van der Waals surface area contributed by atoms with Crippen LogP contribution in [0.3, 0.4) is 0 Å². The molecule has 0 aliphatic carbocycles. The van der Waals surface area contributed by atoms with E-state index in [1.807, 2.05) is 23.2 Å². The van der Waals surface area contributed by atoms with Crippen molar-refractivity contribution in [2.45, 2.75) is 0 Å². The minimum Gasteiger partial charge on any atom is -0.245 e. The van der Waals surface area contributed by atoms with Crippen LogP contribution < -0.4 is 0 Å². The fourth-order valence-corrected chi connectivity index (χ4v) is 7.10. The van der Waals surface area contributed by atoms with Gasteiger partial charge >= 0.3 is 0 Å². The lowest BCUT2D eigenvalue weighted by atomic mass is 9.84. The van der Waals surface area contributed by atoms with Gasteiger partial charge in [-0.2, -0.15) is 0 Å². The van der Waals surface area contributed by atoms with Gasteiger partial charge < -0.3 is 0 Å². The number of thiazole rings is 2. The zero-order chi connectivity index (χ0) is 26.5. The normalized spacial score (nSPS) is 11.5. The molecule has 0 N–H and O–H groups in total. The Labute approximate surface area is 239 Å². The molecule has 0 fully saturated rings. The summed E-state index contributed by atoms with van der Waals surface area (Å²) in [4.78, 5) is 9.17. The molecule has 0 aliphatic rings. The number of hydrogen-bond acceptors (Lipinski definition) is 4. The summed E-state index contributed by atoms with van der Waals surface area (Å²) in [6.45, 7) is 0. The van der Waals surface area contributed by atoms with Crippen LogP contribution in [0.2, 0.25) is 0 Å². The first-order valence-corrected chi connectivity index (χ1v) is 15.0. The molecule has 0 spiro atoms. The number of benzene rings is 6. The lowest BCUT2D eigenvalue weighted by Gasteiger charge is -2.19. The van der Waals surface area contributed by atoms with Crippen LogP contribution in [0.5, 0.6) is 0 Å². The molecule has 0 saturated carbocycles. The molecule has 0 radical (unpaired) electrons. The molecule has 0 bridgehead atoms. The predicted molar refractivity (Wildman–Crippen MR) is 172 cm³/mol. The highest BCUT2D eigenvalue weighted by Gasteiger charge is 2.18. The highest BCUT2D eigenvalue weighted by molar-refractivity contribution is 7.13. The molecular weight excluding hydrogens is 525 g/mol. The quantitative estimate of drug-likeness (QED) is 0.205. The van der Waals surface area contributed by atoms with Crippen LogP contribution in [-0.4, -0.2) is 9.97 Å². The van der Waals surface area contributed by atoms with Crippen LogP contribution in [0.25, 0.3) is 75.7 Å². The van der Waals surface area contributed by atoms with Crippen LogP contribution >= 0.6 is 22.7 Å².